The molecule has 0 aliphatic carbocycles. The van der Waals surface area contributed by atoms with Crippen LogP contribution in [0.25, 0.3) is 0 Å². The Morgan fingerprint density at radius 3 is 2.71 bits per heavy atom. The molecule has 1 spiro atoms. The van der Waals surface area contributed by atoms with Crippen LogP contribution in [0.5, 0.6) is 0 Å². The zero-order chi connectivity index (χ0) is 14.7. The first-order valence-corrected chi connectivity index (χ1v) is 7.77. The third-order valence-electron chi connectivity index (χ3n) is 4.94. The molecule has 3 rings (SSSR count). The molecule has 2 aliphatic rings. The summed E-state index contributed by atoms with van der Waals surface area (Å²) in [5, 5.41) is 0. The van der Waals surface area contributed by atoms with Crippen molar-refractivity contribution in [3.05, 3.63) is 24.2 Å². The number of ether oxygens (including phenoxy) is 1. The summed E-state index contributed by atoms with van der Waals surface area (Å²) in [6.07, 6.45) is 4.66. The van der Waals surface area contributed by atoms with Crippen LogP contribution in [0.1, 0.15) is 25.0 Å². The van der Waals surface area contributed by atoms with Gasteiger partial charge in [-0.2, -0.15) is 0 Å². The van der Waals surface area contributed by atoms with Crippen molar-refractivity contribution in [2.75, 3.05) is 39.9 Å². The Kier molecular flexibility index (Phi) is 4.31. The molecule has 1 aromatic heterocycles. The zero-order valence-electron chi connectivity index (χ0n) is 12.7. The molecule has 21 heavy (non-hydrogen) atoms. The van der Waals surface area contributed by atoms with Crippen molar-refractivity contribution in [3.63, 3.8) is 0 Å². The first kappa shape index (κ1) is 14.6. The number of likely N-dealkylation sites (tertiary alicyclic amines) is 2. The molecule has 116 valence electrons. The summed E-state index contributed by atoms with van der Waals surface area (Å²) in [5.41, 5.74) is -0.104. The van der Waals surface area contributed by atoms with Crippen LogP contribution in [0.4, 0.5) is 0 Å². The predicted octanol–water partition coefficient (Wildman–Crippen LogP) is 1.74. The van der Waals surface area contributed by atoms with Crippen LogP contribution in [-0.4, -0.2) is 55.6 Å². The number of nitrogens with zero attached hydrogens (tertiary/aromatic N) is 2. The van der Waals surface area contributed by atoms with Crippen LogP contribution in [0.3, 0.4) is 0 Å². The molecule has 3 heterocycles. The standard InChI is InChI=1S/C16H24N2O3/c1-20-12-10-18-9-6-16(15(18)19)4-7-17(8-5-16)13-14-3-2-11-21-14/h2-3,11H,4-10,12-13H2,1H3. The minimum atomic E-state index is -0.104. The average Bonchev–Trinajstić information content (AvgIpc) is 3.11. The van der Waals surface area contributed by atoms with Crippen LogP contribution in [-0.2, 0) is 16.1 Å². The maximum Gasteiger partial charge on any atom is 0.229 e. The lowest BCUT2D eigenvalue weighted by molar-refractivity contribution is -0.139. The number of carbonyl (C=O) groups is 1. The Balaban J connectivity index is 1.54. The minimum Gasteiger partial charge on any atom is -0.468 e. The van der Waals surface area contributed by atoms with Crippen molar-refractivity contribution in [3.8, 4) is 0 Å². The van der Waals surface area contributed by atoms with Gasteiger partial charge in [0.05, 0.1) is 24.8 Å². The highest BCUT2D eigenvalue weighted by Crippen LogP contribution is 2.41. The Bertz CT molecular complexity index is 464. The lowest BCUT2D eigenvalue weighted by Gasteiger charge is -2.37. The summed E-state index contributed by atoms with van der Waals surface area (Å²) in [7, 11) is 1.68. The van der Waals surface area contributed by atoms with Crippen molar-refractivity contribution in [2.24, 2.45) is 5.41 Å². The molecule has 1 aromatic rings. The van der Waals surface area contributed by atoms with Gasteiger partial charge in [0.1, 0.15) is 5.76 Å². The molecule has 0 N–H and O–H groups in total. The maximum absolute atomic E-state index is 12.6. The fourth-order valence-corrected chi connectivity index (χ4v) is 3.53. The van der Waals surface area contributed by atoms with Gasteiger partial charge in [0.15, 0.2) is 0 Å². The van der Waals surface area contributed by atoms with Crippen molar-refractivity contribution in [2.45, 2.75) is 25.8 Å². The summed E-state index contributed by atoms with van der Waals surface area (Å²) >= 11 is 0. The molecule has 0 aromatic carbocycles. The van der Waals surface area contributed by atoms with E-state index in [1.165, 1.54) is 0 Å². The van der Waals surface area contributed by atoms with E-state index in [4.69, 9.17) is 9.15 Å². The fourth-order valence-electron chi connectivity index (χ4n) is 3.53. The predicted molar refractivity (Wildman–Crippen MR) is 78.7 cm³/mol. The first-order valence-electron chi connectivity index (χ1n) is 7.77. The van der Waals surface area contributed by atoms with E-state index >= 15 is 0 Å². The molecular formula is C16H24N2O3. The Morgan fingerprint density at radius 2 is 2.05 bits per heavy atom. The Labute approximate surface area is 125 Å². The van der Waals surface area contributed by atoms with Gasteiger partial charge in [0, 0.05) is 20.2 Å². The summed E-state index contributed by atoms with van der Waals surface area (Å²) in [6.45, 7) is 5.06. The highest BCUT2D eigenvalue weighted by Gasteiger charge is 2.47. The molecule has 0 radical (unpaired) electrons. The molecule has 0 unspecified atom stereocenters. The lowest BCUT2D eigenvalue weighted by atomic mass is 9.77. The smallest absolute Gasteiger partial charge is 0.229 e. The fraction of sp³-hybridized carbons (Fsp3) is 0.688. The quantitative estimate of drug-likeness (QED) is 0.829. The van der Waals surface area contributed by atoms with Gasteiger partial charge < -0.3 is 14.1 Å². The van der Waals surface area contributed by atoms with Crippen molar-refractivity contribution < 1.29 is 13.9 Å². The van der Waals surface area contributed by atoms with Crippen LogP contribution in [0, 0.1) is 5.41 Å². The number of methoxy groups -OCH3 is 1. The Morgan fingerprint density at radius 1 is 1.29 bits per heavy atom. The summed E-state index contributed by atoms with van der Waals surface area (Å²) in [6, 6.07) is 3.94. The average molecular weight is 292 g/mol. The number of hydrogen-bond acceptors (Lipinski definition) is 4. The molecule has 0 atom stereocenters. The third-order valence-corrected chi connectivity index (χ3v) is 4.94. The van der Waals surface area contributed by atoms with E-state index in [9.17, 15) is 4.79 Å². The second-order valence-electron chi connectivity index (χ2n) is 6.17. The van der Waals surface area contributed by atoms with Gasteiger partial charge in [0.2, 0.25) is 5.91 Å². The van der Waals surface area contributed by atoms with Gasteiger partial charge >= 0.3 is 0 Å². The van der Waals surface area contributed by atoms with E-state index in [0.717, 1.165) is 57.7 Å². The van der Waals surface area contributed by atoms with Gasteiger partial charge in [-0.3, -0.25) is 9.69 Å². The second-order valence-corrected chi connectivity index (χ2v) is 6.17. The van der Waals surface area contributed by atoms with E-state index in [1.807, 2.05) is 17.0 Å². The second kappa shape index (κ2) is 6.20. The van der Waals surface area contributed by atoms with Gasteiger partial charge in [-0.05, 0) is 44.5 Å². The molecule has 5 heteroatoms. The molecule has 0 saturated carbocycles. The van der Waals surface area contributed by atoms with Gasteiger partial charge in [0.25, 0.3) is 0 Å². The lowest BCUT2D eigenvalue weighted by Crippen LogP contribution is -2.44. The number of piperidine rings is 1. The molecule has 2 aliphatic heterocycles. The van der Waals surface area contributed by atoms with Gasteiger partial charge in [-0.15, -0.1) is 0 Å². The van der Waals surface area contributed by atoms with E-state index in [0.29, 0.717) is 12.5 Å². The third kappa shape index (κ3) is 2.99. The van der Waals surface area contributed by atoms with Crippen molar-refractivity contribution in [1.29, 1.82) is 0 Å². The van der Waals surface area contributed by atoms with E-state index in [-0.39, 0.29) is 5.41 Å². The number of rotatable bonds is 5. The normalized spacial score (nSPS) is 22.3. The van der Waals surface area contributed by atoms with Crippen molar-refractivity contribution >= 4 is 5.91 Å². The topological polar surface area (TPSA) is 45.9 Å². The van der Waals surface area contributed by atoms with E-state index in [2.05, 4.69) is 4.90 Å². The SMILES string of the molecule is COCCN1CCC2(CCN(Cc3ccco3)CC2)C1=O. The number of furan rings is 1. The molecule has 5 nitrogen and oxygen atoms in total. The van der Waals surface area contributed by atoms with Gasteiger partial charge in [-0.1, -0.05) is 0 Å². The summed E-state index contributed by atoms with van der Waals surface area (Å²) in [5.74, 6) is 1.35. The molecule has 1 amide bonds. The molecular weight excluding hydrogens is 268 g/mol. The molecule has 2 saturated heterocycles. The van der Waals surface area contributed by atoms with E-state index in [1.54, 1.807) is 13.4 Å². The summed E-state index contributed by atoms with van der Waals surface area (Å²) < 4.78 is 10.5. The maximum atomic E-state index is 12.6. The molecule has 2 fully saturated rings. The van der Waals surface area contributed by atoms with E-state index < -0.39 is 0 Å². The molecule has 0 bridgehead atoms. The minimum absolute atomic E-state index is 0.104. The largest absolute Gasteiger partial charge is 0.468 e. The number of hydrogen-bond donors (Lipinski definition) is 0. The van der Waals surface area contributed by atoms with Crippen molar-refractivity contribution in [1.82, 2.24) is 9.80 Å². The number of carbonyl (C=O) groups excluding carboxylic acids is 1. The first-order chi connectivity index (χ1) is 10.2. The summed E-state index contributed by atoms with van der Waals surface area (Å²) in [4.78, 5) is 17.0. The Hall–Kier alpha value is -1.33. The number of amides is 1. The van der Waals surface area contributed by atoms with Gasteiger partial charge in [-0.25, -0.2) is 0 Å². The van der Waals surface area contributed by atoms with Crippen LogP contribution >= 0.6 is 0 Å². The monoisotopic (exact) mass is 292 g/mol. The van der Waals surface area contributed by atoms with Crippen LogP contribution in [0.15, 0.2) is 22.8 Å². The van der Waals surface area contributed by atoms with Crippen LogP contribution in [0.2, 0.25) is 0 Å². The zero-order valence-corrected chi connectivity index (χ0v) is 12.7. The highest BCUT2D eigenvalue weighted by molar-refractivity contribution is 5.85. The highest BCUT2D eigenvalue weighted by atomic mass is 16.5. The van der Waals surface area contributed by atoms with Crippen LogP contribution < -0.4 is 0 Å².